The molecule has 0 bridgehead atoms. The Balaban J connectivity index is 2.08. The van der Waals surface area contributed by atoms with E-state index in [2.05, 4.69) is 0 Å². The Morgan fingerprint density at radius 1 is 1.15 bits per heavy atom. The Kier molecular flexibility index (Phi) is 6.74. The zero-order chi connectivity index (χ0) is 19.1. The van der Waals surface area contributed by atoms with E-state index in [0.717, 1.165) is 0 Å². The molecule has 26 heavy (non-hydrogen) atoms. The summed E-state index contributed by atoms with van der Waals surface area (Å²) < 4.78 is 18.8. The van der Waals surface area contributed by atoms with Gasteiger partial charge in [-0.25, -0.2) is 14.0 Å². The predicted octanol–water partition coefficient (Wildman–Crippen LogP) is 2.86. The summed E-state index contributed by atoms with van der Waals surface area (Å²) in [6.07, 6.45) is -1.19. The van der Waals surface area contributed by atoms with Gasteiger partial charge in [-0.05, 0) is 30.7 Å². The Bertz CT molecular complexity index is 828. The molecule has 0 aromatic heterocycles. The van der Waals surface area contributed by atoms with E-state index in [1.807, 2.05) is 5.32 Å². The first kappa shape index (κ1) is 19.5. The van der Waals surface area contributed by atoms with Gasteiger partial charge in [0.25, 0.3) is 5.91 Å². The van der Waals surface area contributed by atoms with Gasteiger partial charge < -0.3 is 10.5 Å². The number of rotatable bonds is 6. The molecule has 6 nitrogen and oxygen atoms in total. The van der Waals surface area contributed by atoms with Crippen LogP contribution in [0.25, 0.3) is 0 Å². The summed E-state index contributed by atoms with van der Waals surface area (Å²) in [7, 11) is 0. The molecule has 2 aromatic carbocycles. The minimum Gasteiger partial charge on any atom is -0.449 e. The third kappa shape index (κ3) is 5.32. The fourth-order valence-electron chi connectivity index (χ4n) is 2.03. The molecule has 2 aromatic rings. The lowest BCUT2D eigenvalue weighted by molar-refractivity contribution is -0.127. The molecule has 0 aliphatic heterocycles. The van der Waals surface area contributed by atoms with E-state index in [-0.39, 0.29) is 11.4 Å². The molecule has 0 saturated carbocycles. The molecule has 136 valence electrons. The maximum atomic E-state index is 13.7. The Labute approximate surface area is 153 Å². The van der Waals surface area contributed by atoms with Crippen molar-refractivity contribution in [3.8, 4) is 0 Å². The summed E-state index contributed by atoms with van der Waals surface area (Å²) in [6, 6.07) is 12.0. The second-order valence-corrected chi connectivity index (χ2v) is 6.29. The van der Waals surface area contributed by atoms with Crippen molar-refractivity contribution in [2.24, 2.45) is 5.73 Å². The minimum absolute atomic E-state index is 0.243. The summed E-state index contributed by atoms with van der Waals surface area (Å²) in [6.45, 7) is 1.32. The number of hydrogen-bond acceptors (Lipinski definition) is 5. The third-order valence-electron chi connectivity index (χ3n) is 3.35. The largest absolute Gasteiger partial charge is 0.449 e. The van der Waals surface area contributed by atoms with Crippen molar-refractivity contribution < 1.29 is 23.5 Å². The van der Waals surface area contributed by atoms with Crippen molar-refractivity contribution in [3.05, 3.63) is 65.5 Å². The van der Waals surface area contributed by atoms with Crippen LogP contribution >= 0.6 is 11.8 Å². The van der Waals surface area contributed by atoms with Gasteiger partial charge in [0, 0.05) is 10.6 Å². The van der Waals surface area contributed by atoms with Gasteiger partial charge in [-0.1, -0.05) is 30.3 Å². The van der Waals surface area contributed by atoms with Crippen LogP contribution in [-0.4, -0.2) is 24.0 Å². The van der Waals surface area contributed by atoms with E-state index in [9.17, 15) is 18.8 Å². The number of primary amides is 1. The standard InChI is InChI=1S/C18H17FN2O4S/c1-11(16(22)21-18(20)24)25-17(23)13-7-3-5-9-15(13)26-10-12-6-2-4-8-14(12)19/h2-9,11H,10H2,1H3,(H3,20,21,22,24)/t11-/m1/s1. The third-order valence-corrected chi connectivity index (χ3v) is 4.47. The fraction of sp³-hybridized carbons (Fsp3) is 0.167. The number of nitrogens with one attached hydrogen (secondary N) is 1. The van der Waals surface area contributed by atoms with Gasteiger partial charge in [-0.3, -0.25) is 10.1 Å². The first-order valence-electron chi connectivity index (χ1n) is 7.65. The Hall–Kier alpha value is -2.87. The summed E-state index contributed by atoms with van der Waals surface area (Å²) in [5.74, 6) is -1.54. The van der Waals surface area contributed by atoms with Gasteiger partial charge in [0.05, 0.1) is 5.56 Å². The fourth-order valence-corrected chi connectivity index (χ4v) is 3.06. The number of benzene rings is 2. The number of amides is 3. The number of carbonyl (C=O) groups is 3. The lowest BCUT2D eigenvalue weighted by atomic mass is 10.2. The molecule has 0 unspecified atom stereocenters. The number of carbonyl (C=O) groups excluding carboxylic acids is 3. The average molecular weight is 376 g/mol. The SMILES string of the molecule is C[C@@H](OC(=O)c1ccccc1SCc1ccccc1F)C(=O)NC(N)=O. The average Bonchev–Trinajstić information content (AvgIpc) is 2.60. The number of esters is 1. The monoisotopic (exact) mass is 376 g/mol. The molecule has 0 radical (unpaired) electrons. The molecular weight excluding hydrogens is 359 g/mol. The van der Waals surface area contributed by atoms with Gasteiger partial charge in [-0.15, -0.1) is 11.8 Å². The highest BCUT2D eigenvalue weighted by Crippen LogP contribution is 2.28. The minimum atomic E-state index is -1.19. The number of hydrogen-bond donors (Lipinski definition) is 2. The number of halogens is 1. The molecule has 2 rings (SSSR count). The van der Waals surface area contributed by atoms with Crippen molar-refractivity contribution in [3.63, 3.8) is 0 Å². The van der Waals surface area contributed by atoms with E-state index >= 15 is 0 Å². The van der Waals surface area contributed by atoms with Crippen LogP contribution in [0.15, 0.2) is 53.4 Å². The molecule has 0 aliphatic rings. The van der Waals surface area contributed by atoms with Gasteiger partial charge >= 0.3 is 12.0 Å². The van der Waals surface area contributed by atoms with Gasteiger partial charge in [0.15, 0.2) is 6.10 Å². The molecule has 8 heteroatoms. The smallest absolute Gasteiger partial charge is 0.340 e. The van der Waals surface area contributed by atoms with Crippen molar-refractivity contribution in [1.29, 1.82) is 0 Å². The van der Waals surface area contributed by atoms with E-state index in [0.29, 0.717) is 16.2 Å². The van der Waals surface area contributed by atoms with Crippen LogP contribution in [0.5, 0.6) is 0 Å². The molecule has 3 N–H and O–H groups in total. The number of ether oxygens (including phenoxy) is 1. The summed E-state index contributed by atoms with van der Waals surface area (Å²) in [5, 5.41) is 1.84. The number of nitrogens with two attached hydrogens (primary N) is 1. The van der Waals surface area contributed by atoms with Crippen molar-refractivity contribution >= 4 is 29.7 Å². The lowest BCUT2D eigenvalue weighted by Crippen LogP contribution is -2.42. The second-order valence-electron chi connectivity index (χ2n) is 5.28. The van der Waals surface area contributed by atoms with Crippen LogP contribution in [0.1, 0.15) is 22.8 Å². The number of thioether (sulfide) groups is 1. The first-order chi connectivity index (χ1) is 12.4. The molecule has 0 spiro atoms. The molecule has 0 fully saturated rings. The van der Waals surface area contributed by atoms with Crippen LogP contribution in [-0.2, 0) is 15.3 Å². The van der Waals surface area contributed by atoms with Crippen molar-refractivity contribution in [2.45, 2.75) is 23.7 Å². The molecule has 3 amide bonds. The van der Waals surface area contributed by atoms with E-state index < -0.39 is 24.0 Å². The lowest BCUT2D eigenvalue weighted by Gasteiger charge is -2.14. The van der Waals surface area contributed by atoms with Crippen LogP contribution in [0.2, 0.25) is 0 Å². The first-order valence-corrected chi connectivity index (χ1v) is 8.63. The normalized spacial score (nSPS) is 11.5. The zero-order valence-corrected chi connectivity index (χ0v) is 14.7. The predicted molar refractivity (Wildman–Crippen MR) is 95.0 cm³/mol. The second kappa shape index (κ2) is 9.00. The van der Waals surface area contributed by atoms with E-state index in [1.165, 1.54) is 24.8 Å². The number of urea groups is 1. The van der Waals surface area contributed by atoms with E-state index in [4.69, 9.17) is 10.5 Å². The summed E-state index contributed by atoms with van der Waals surface area (Å²) in [4.78, 5) is 35.2. The van der Waals surface area contributed by atoms with Crippen LogP contribution < -0.4 is 11.1 Å². The highest BCUT2D eigenvalue weighted by atomic mass is 32.2. The number of imide groups is 1. The van der Waals surface area contributed by atoms with E-state index in [1.54, 1.807) is 42.5 Å². The van der Waals surface area contributed by atoms with Crippen LogP contribution in [0, 0.1) is 5.82 Å². The van der Waals surface area contributed by atoms with Crippen LogP contribution in [0.3, 0.4) is 0 Å². The topological polar surface area (TPSA) is 98.5 Å². The maximum Gasteiger partial charge on any atom is 0.340 e. The van der Waals surface area contributed by atoms with Gasteiger partial charge in [0.1, 0.15) is 5.82 Å². The molecular formula is C18H17FN2O4S. The van der Waals surface area contributed by atoms with Gasteiger partial charge in [-0.2, -0.15) is 0 Å². The molecule has 1 atom stereocenters. The van der Waals surface area contributed by atoms with Crippen molar-refractivity contribution in [2.75, 3.05) is 0 Å². The molecule has 0 aliphatic carbocycles. The van der Waals surface area contributed by atoms with Crippen LogP contribution in [0.4, 0.5) is 9.18 Å². The zero-order valence-electron chi connectivity index (χ0n) is 13.9. The Morgan fingerprint density at radius 3 is 2.50 bits per heavy atom. The molecule has 0 saturated heterocycles. The maximum absolute atomic E-state index is 13.7. The highest BCUT2D eigenvalue weighted by molar-refractivity contribution is 7.98. The summed E-state index contributed by atoms with van der Waals surface area (Å²) in [5.41, 5.74) is 5.61. The quantitative estimate of drug-likeness (QED) is 0.597. The summed E-state index contributed by atoms with van der Waals surface area (Å²) >= 11 is 1.27. The van der Waals surface area contributed by atoms with Gasteiger partial charge in [0.2, 0.25) is 0 Å². The molecule has 0 heterocycles. The Morgan fingerprint density at radius 2 is 1.81 bits per heavy atom. The highest BCUT2D eigenvalue weighted by Gasteiger charge is 2.21. The van der Waals surface area contributed by atoms with Crippen molar-refractivity contribution in [1.82, 2.24) is 5.32 Å².